The second-order valence-electron chi connectivity index (χ2n) is 5.32. The van der Waals surface area contributed by atoms with Crippen LogP contribution >= 0.6 is 0 Å². The molecule has 1 aromatic heterocycles. The Morgan fingerprint density at radius 1 is 1.00 bits per heavy atom. The molecule has 26 heavy (non-hydrogen) atoms. The molecule has 7 heteroatoms. The van der Waals surface area contributed by atoms with E-state index in [0.717, 1.165) is 0 Å². The van der Waals surface area contributed by atoms with Crippen molar-refractivity contribution in [3.8, 4) is 5.69 Å². The van der Waals surface area contributed by atoms with Gasteiger partial charge in [0.05, 0.1) is 18.5 Å². The summed E-state index contributed by atoms with van der Waals surface area (Å²) in [5, 5.41) is 9.63. The van der Waals surface area contributed by atoms with E-state index in [0.29, 0.717) is 11.4 Å². The number of urea groups is 1. The van der Waals surface area contributed by atoms with Crippen molar-refractivity contribution in [2.45, 2.75) is 6.92 Å². The van der Waals surface area contributed by atoms with Gasteiger partial charge in [0.15, 0.2) is 5.82 Å². The molecule has 0 fully saturated rings. The highest BCUT2D eigenvalue weighted by atomic mass is 16.5. The third kappa shape index (κ3) is 3.89. The Kier molecular flexibility index (Phi) is 5.28. The zero-order valence-electron chi connectivity index (χ0n) is 14.2. The Hall–Kier alpha value is -3.61. The Morgan fingerprint density at radius 3 is 2.31 bits per heavy atom. The van der Waals surface area contributed by atoms with Crippen molar-refractivity contribution in [3.63, 3.8) is 0 Å². The summed E-state index contributed by atoms with van der Waals surface area (Å²) < 4.78 is 6.54. The smallest absolute Gasteiger partial charge is 0.343 e. The Morgan fingerprint density at radius 2 is 1.65 bits per heavy atom. The Bertz CT molecular complexity index is 892. The molecule has 7 nitrogen and oxygen atoms in total. The summed E-state index contributed by atoms with van der Waals surface area (Å²) in [7, 11) is 0. The third-order valence-electron chi connectivity index (χ3n) is 3.53. The van der Waals surface area contributed by atoms with Crippen molar-refractivity contribution in [1.82, 2.24) is 9.78 Å². The molecule has 1 heterocycles. The van der Waals surface area contributed by atoms with Crippen LogP contribution in [0, 0.1) is 0 Å². The number of para-hydroxylation sites is 2. The van der Waals surface area contributed by atoms with Gasteiger partial charge in [0.25, 0.3) is 0 Å². The van der Waals surface area contributed by atoms with Crippen LogP contribution in [0.4, 0.5) is 16.3 Å². The third-order valence-corrected chi connectivity index (χ3v) is 3.53. The van der Waals surface area contributed by atoms with E-state index < -0.39 is 12.0 Å². The number of carbonyl (C=O) groups is 2. The molecule has 3 aromatic rings. The van der Waals surface area contributed by atoms with Gasteiger partial charge in [-0.3, -0.25) is 5.32 Å². The van der Waals surface area contributed by atoms with Crippen molar-refractivity contribution in [2.24, 2.45) is 0 Å². The zero-order chi connectivity index (χ0) is 18.4. The van der Waals surface area contributed by atoms with E-state index in [9.17, 15) is 9.59 Å². The maximum absolute atomic E-state index is 12.4. The SMILES string of the molecule is CCOC(=O)c1cnn(-c2ccccc2)c1NC(=O)Nc1ccccc1. The lowest BCUT2D eigenvalue weighted by atomic mass is 10.3. The molecule has 3 rings (SSSR count). The highest BCUT2D eigenvalue weighted by molar-refractivity contribution is 6.04. The van der Waals surface area contributed by atoms with E-state index in [1.165, 1.54) is 10.9 Å². The van der Waals surface area contributed by atoms with Crippen LogP contribution in [-0.4, -0.2) is 28.4 Å². The standard InChI is InChI=1S/C19H18N4O3/c1-2-26-18(24)16-13-20-23(15-11-7-4-8-12-15)17(16)22-19(25)21-14-9-5-3-6-10-14/h3-13H,2H2,1H3,(H2,21,22,25). The lowest BCUT2D eigenvalue weighted by Crippen LogP contribution is -2.23. The quantitative estimate of drug-likeness (QED) is 0.687. The highest BCUT2D eigenvalue weighted by Crippen LogP contribution is 2.21. The summed E-state index contributed by atoms with van der Waals surface area (Å²) in [4.78, 5) is 24.6. The van der Waals surface area contributed by atoms with Crippen LogP contribution in [0.15, 0.2) is 66.9 Å². The number of rotatable bonds is 5. The largest absolute Gasteiger partial charge is 0.462 e. The van der Waals surface area contributed by atoms with Crippen molar-refractivity contribution in [1.29, 1.82) is 0 Å². The summed E-state index contributed by atoms with van der Waals surface area (Å²) in [5.74, 6) is -0.312. The zero-order valence-corrected chi connectivity index (χ0v) is 14.2. The maximum atomic E-state index is 12.4. The number of hydrogen-bond acceptors (Lipinski definition) is 4. The van der Waals surface area contributed by atoms with Crippen LogP contribution in [0.1, 0.15) is 17.3 Å². The van der Waals surface area contributed by atoms with Gasteiger partial charge in [-0.1, -0.05) is 36.4 Å². The molecular weight excluding hydrogens is 332 g/mol. The summed E-state index contributed by atoms with van der Waals surface area (Å²) in [5.41, 5.74) is 1.52. The van der Waals surface area contributed by atoms with Gasteiger partial charge in [-0.25, -0.2) is 14.3 Å². The molecular formula is C19H18N4O3. The van der Waals surface area contributed by atoms with Gasteiger partial charge in [0.1, 0.15) is 5.56 Å². The van der Waals surface area contributed by atoms with Gasteiger partial charge in [-0.2, -0.15) is 5.10 Å². The first-order chi connectivity index (χ1) is 12.7. The molecule has 2 N–H and O–H groups in total. The van der Waals surface area contributed by atoms with E-state index in [4.69, 9.17) is 4.74 Å². The summed E-state index contributed by atoms with van der Waals surface area (Å²) in [6, 6.07) is 17.7. The fourth-order valence-electron chi connectivity index (χ4n) is 2.38. The van der Waals surface area contributed by atoms with Crippen LogP contribution < -0.4 is 10.6 Å². The van der Waals surface area contributed by atoms with Crippen LogP contribution in [0.25, 0.3) is 5.69 Å². The number of esters is 1. The molecule has 0 aliphatic rings. The fourth-order valence-corrected chi connectivity index (χ4v) is 2.38. The lowest BCUT2D eigenvalue weighted by molar-refractivity contribution is 0.0527. The second-order valence-corrected chi connectivity index (χ2v) is 5.32. The average molecular weight is 350 g/mol. The second kappa shape index (κ2) is 7.98. The molecule has 0 bridgehead atoms. The first kappa shape index (κ1) is 17.2. The maximum Gasteiger partial charge on any atom is 0.343 e. The van der Waals surface area contributed by atoms with Crippen molar-refractivity contribution < 1.29 is 14.3 Å². The van der Waals surface area contributed by atoms with Gasteiger partial charge in [0.2, 0.25) is 0 Å². The number of anilines is 2. The van der Waals surface area contributed by atoms with Gasteiger partial charge in [-0.05, 0) is 31.2 Å². The lowest BCUT2D eigenvalue weighted by Gasteiger charge is -2.12. The molecule has 0 saturated heterocycles. The number of carbonyl (C=O) groups excluding carboxylic acids is 2. The van der Waals surface area contributed by atoms with E-state index in [2.05, 4.69) is 15.7 Å². The van der Waals surface area contributed by atoms with Crippen LogP contribution in [-0.2, 0) is 4.74 Å². The minimum absolute atomic E-state index is 0.180. The molecule has 0 spiro atoms. The number of amides is 2. The minimum atomic E-state index is -0.551. The van der Waals surface area contributed by atoms with Gasteiger partial charge >= 0.3 is 12.0 Å². The van der Waals surface area contributed by atoms with Crippen molar-refractivity contribution in [3.05, 3.63) is 72.4 Å². The number of nitrogens with one attached hydrogen (secondary N) is 2. The normalized spacial score (nSPS) is 10.2. The molecule has 0 atom stereocenters. The first-order valence-corrected chi connectivity index (χ1v) is 8.12. The van der Waals surface area contributed by atoms with Crippen molar-refractivity contribution in [2.75, 3.05) is 17.2 Å². The topological polar surface area (TPSA) is 85.2 Å². The highest BCUT2D eigenvalue weighted by Gasteiger charge is 2.21. The summed E-state index contributed by atoms with van der Waals surface area (Å²) in [6.07, 6.45) is 1.38. The number of hydrogen-bond donors (Lipinski definition) is 2. The molecule has 0 radical (unpaired) electrons. The number of ether oxygens (including phenoxy) is 1. The monoisotopic (exact) mass is 350 g/mol. The molecule has 132 valence electrons. The predicted molar refractivity (Wildman–Crippen MR) is 98.6 cm³/mol. The van der Waals surface area contributed by atoms with Crippen molar-refractivity contribution >= 4 is 23.5 Å². The first-order valence-electron chi connectivity index (χ1n) is 8.12. The molecule has 0 aliphatic carbocycles. The Balaban J connectivity index is 1.91. The van der Waals surface area contributed by atoms with Gasteiger partial charge < -0.3 is 10.1 Å². The van der Waals surface area contributed by atoms with E-state index in [1.54, 1.807) is 19.1 Å². The number of nitrogens with zero attached hydrogens (tertiary/aromatic N) is 2. The minimum Gasteiger partial charge on any atom is -0.462 e. The Labute approximate surface area is 150 Å². The van der Waals surface area contributed by atoms with Crippen LogP contribution in [0.3, 0.4) is 0 Å². The summed E-state index contributed by atoms with van der Waals surface area (Å²) in [6.45, 7) is 1.94. The average Bonchev–Trinajstić information content (AvgIpc) is 3.07. The molecule has 0 saturated carbocycles. The summed E-state index contributed by atoms with van der Waals surface area (Å²) >= 11 is 0. The molecule has 2 aromatic carbocycles. The van der Waals surface area contributed by atoms with Gasteiger partial charge in [0, 0.05) is 5.69 Å². The fraction of sp³-hybridized carbons (Fsp3) is 0.105. The number of benzene rings is 2. The number of aromatic nitrogens is 2. The molecule has 2 amide bonds. The predicted octanol–water partition coefficient (Wildman–Crippen LogP) is 3.69. The molecule has 0 aliphatic heterocycles. The van der Waals surface area contributed by atoms with Crippen LogP contribution in [0.5, 0.6) is 0 Å². The van der Waals surface area contributed by atoms with E-state index in [-0.39, 0.29) is 18.0 Å². The van der Waals surface area contributed by atoms with Gasteiger partial charge in [-0.15, -0.1) is 0 Å². The van der Waals surface area contributed by atoms with Crippen LogP contribution in [0.2, 0.25) is 0 Å². The van der Waals surface area contributed by atoms with E-state index in [1.807, 2.05) is 48.5 Å². The van der Waals surface area contributed by atoms with E-state index >= 15 is 0 Å². The molecule has 0 unspecified atom stereocenters.